The number of likely N-dealkylation sites (tertiary alicyclic amines) is 1. The Bertz CT molecular complexity index is 557. The molecule has 1 aliphatic heterocycles. The van der Waals surface area contributed by atoms with E-state index in [0.29, 0.717) is 13.2 Å². The van der Waals surface area contributed by atoms with Crippen LogP contribution in [0.3, 0.4) is 0 Å². The number of hydrogen-bond donors (Lipinski definition) is 1. The number of ether oxygens (including phenoxy) is 1. The molecule has 158 valence electrons. The molecule has 2 atom stereocenters. The van der Waals surface area contributed by atoms with Crippen molar-refractivity contribution in [3.05, 3.63) is 35.4 Å². The molecule has 1 aliphatic rings. The van der Waals surface area contributed by atoms with Gasteiger partial charge in [0.25, 0.3) is 0 Å². The zero-order valence-corrected chi connectivity index (χ0v) is 17.9. The number of unbranched alkanes of at least 4 members (excludes halogenated alkanes) is 6. The summed E-state index contributed by atoms with van der Waals surface area (Å²) in [5, 5.41) is 9.90. The molecule has 0 aromatic heterocycles. The van der Waals surface area contributed by atoms with Crippen LogP contribution in [0.25, 0.3) is 0 Å². The number of nitrogens with zero attached hydrogens (tertiary/aromatic N) is 1. The van der Waals surface area contributed by atoms with Gasteiger partial charge in [-0.25, -0.2) is 4.79 Å². The summed E-state index contributed by atoms with van der Waals surface area (Å²) in [5.41, 5.74) is 2.60. The van der Waals surface area contributed by atoms with E-state index in [1.165, 1.54) is 49.7 Å². The van der Waals surface area contributed by atoms with Crippen LogP contribution in [0.4, 0.5) is 4.79 Å². The highest BCUT2D eigenvalue weighted by molar-refractivity contribution is 5.68. The lowest BCUT2D eigenvalue weighted by molar-refractivity contribution is 0.0812. The molecule has 1 aromatic rings. The van der Waals surface area contributed by atoms with Crippen molar-refractivity contribution in [2.45, 2.75) is 90.0 Å². The van der Waals surface area contributed by atoms with Gasteiger partial charge in [0, 0.05) is 12.5 Å². The van der Waals surface area contributed by atoms with E-state index >= 15 is 0 Å². The molecule has 4 heteroatoms. The molecular formula is C24H39NO3. The first-order valence-electron chi connectivity index (χ1n) is 11.3. The van der Waals surface area contributed by atoms with Crippen molar-refractivity contribution in [3.8, 4) is 0 Å². The van der Waals surface area contributed by atoms with Crippen LogP contribution in [0.2, 0.25) is 0 Å². The first kappa shape index (κ1) is 22.7. The van der Waals surface area contributed by atoms with Crippen LogP contribution >= 0.6 is 0 Å². The summed E-state index contributed by atoms with van der Waals surface area (Å²) < 4.78 is 5.36. The topological polar surface area (TPSA) is 49.8 Å². The third-order valence-corrected chi connectivity index (χ3v) is 5.92. The minimum absolute atomic E-state index is 0.0208. The van der Waals surface area contributed by atoms with Gasteiger partial charge in [-0.15, -0.1) is 0 Å². The molecule has 1 fully saturated rings. The molecular weight excluding hydrogens is 350 g/mol. The number of rotatable bonds is 12. The van der Waals surface area contributed by atoms with E-state index in [1.54, 1.807) is 4.90 Å². The van der Waals surface area contributed by atoms with Gasteiger partial charge in [-0.3, -0.25) is 0 Å². The number of aliphatic hydroxyl groups is 1. The Morgan fingerprint density at radius 2 is 1.71 bits per heavy atom. The van der Waals surface area contributed by atoms with Crippen molar-refractivity contribution in [3.63, 3.8) is 0 Å². The summed E-state index contributed by atoms with van der Waals surface area (Å²) in [6, 6.07) is 8.63. The smallest absolute Gasteiger partial charge is 0.410 e. The number of aliphatic hydroxyl groups excluding tert-OH is 1. The van der Waals surface area contributed by atoms with Crippen LogP contribution in [0.1, 0.15) is 88.7 Å². The van der Waals surface area contributed by atoms with Crippen LogP contribution in [0, 0.1) is 0 Å². The lowest BCUT2D eigenvalue weighted by Gasteiger charge is -2.26. The SMILES string of the molecule is CCCCCCCCc1ccc(C2CCN(C(=O)OCCCC)C2CO)cc1. The first-order chi connectivity index (χ1) is 13.7. The van der Waals surface area contributed by atoms with E-state index < -0.39 is 0 Å². The average Bonchev–Trinajstić information content (AvgIpc) is 3.15. The third kappa shape index (κ3) is 6.80. The fraction of sp³-hybridized carbons (Fsp3) is 0.708. The Balaban J connectivity index is 1.84. The van der Waals surface area contributed by atoms with Gasteiger partial charge in [-0.05, 0) is 36.8 Å². The van der Waals surface area contributed by atoms with E-state index in [0.717, 1.165) is 25.7 Å². The molecule has 2 unspecified atom stereocenters. The van der Waals surface area contributed by atoms with Crippen LogP contribution in [-0.4, -0.2) is 41.9 Å². The number of aryl methyl sites for hydroxylation is 1. The Morgan fingerprint density at radius 1 is 1.04 bits per heavy atom. The zero-order chi connectivity index (χ0) is 20.2. The summed E-state index contributed by atoms with van der Waals surface area (Å²) in [6.07, 6.45) is 11.5. The number of benzene rings is 1. The standard InChI is InChI=1S/C24H39NO3/c1-3-5-7-8-9-10-11-20-12-14-21(15-13-20)22-16-17-25(23(22)19-26)24(27)28-18-6-4-2/h12-15,22-23,26H,3-11,16-19H2,1-2H3. The van der Waals surface area contributed by atoms with Crippen LogP contribution in [0.5, 0.6) is 0 Å². The van der Waals surface area contributed by atoms with E-state index in [1.807, 2.05) is 0 Å². The second kappa shape index (κ2) is 12.8. The van der Waals surface area contributed by atoms with Crippen molar-refractivity contribution in [2.75, 3.05) is 19.8 Å². The van der Waals surface area contributed by atoms with Crippen molar-refractivity contribution < 1.29 is 14.6 Å². The minimum Gasteiger partial charge on any atom is -0.449 e. The summed E-state index contributed by atoms with van der Waals surface area (Å²) in [4.78, 5) is 14.0. The van der Waals surface area contributed by atoms with E-state index in [-0.39, 0.29) is 24.7 Å². The normalized spacial score (nSPS) is 19.2. The Morgan fingerprint density at radius 3 is 2.39 bits per heavy atom. The maximum absolute atomic E-state index is 12.3. The second-order valence-corrected chi connectivity index (χ2v) is 8.07. The highest BCUT2D eigenvalue weighted by Gasteiger charge is 2.38. The van der Waals surface area contributed by atoms with Gasteiger partial charge in [0.2, 0.25) is 0 Å². The molecule has 0 aliphatic carbocycles. The Hall–Kier alpha value is -1.55. The maximum Gasteiger partial charge on any atom is 0.410 e. The van der Waals surface area contributed by atoms with Crippen molar-refractivity contribution >= 4 is 6.09 Å². The highest BCUT2D eigenvalue weighted by Crippen LogP contribution is 2.34. The van der Waals surface area contributed by atoms with Gasteiger partial charge in [-0.2, -0.15) is 0 Å². The molecule has 0 radical (unpaired) electrons. The first-order valence-corrected chi connectivity index (χ1v) is 11.3. The fourth-order valence-corrected chi connectivity index (χ4v) is 4.12. The monoisotopic (exact) mass is 389 g/mol. The lowest BCUT2D eigenvalue weighted by atomic mass is 9.91. The fourth-order valence-electron chi connectivity index (χ4n) is 4.12. The zero-order valence-electron chi connectivity index (χ0n) is 17.9. The Labute approximate surface area is 171 Å². The van der Waals surface area contributed by atoms with Crippen LogP contribution < -0.4 is 0 Å². The molecule has 1 saturated heterocycles. The molecule has 1 heterocycles. The summed E-state index contributed by atoms with van der Waals surface area (Å²) in [6.45, 7) is 5.42. The molecule has 4 nitrogen and oxygen atoms in total. The number of carbonyl (C=O) groups excluding carboxylic acids is 1. The van der Waals surface area contributed by atoms with Gasteiger partial charge in [0.1, 0.15) is 0 Å². The largest absolute Gasteiger partial charge is 0.449 e. The van der Waals surface area contributed by atoms with Crippen LogP contribution in [0.15, 0.2) is 24.3 Å². The van der Waals surface area contributed by atoms with E-state index in [4.69, 9.17) is 4.74 Å². The molecule has 0 spiro atoms. The molecule has 0 bridgehead atoms. The second-order valence-electron chi connectivity index (χ2n) is 8.07. The number of carbonyl (C=O) groups is 1. The van der Waals surface area contributed by atoms with Gasteiger partial charge >= 0.3 is 6.09 Å². The minimum atomic E-state index is -0.283. The predicted octanol–water partition coefficient (Wildman–Crippen LogP) is 5.68. The number of hydrogen-bond acceptors (Lipinski definition) is 3. The van der Waals surface area contributed by atoms with Crippen LogP contribution in [-0.2, 0) is 11.2 Å². The summed E-state index contributed by atoms with van der Waals surface area (Å²) in [5.74, 6) is 0.187. The Kier molecular flexibility index (Phi) is 10.4. The number of amides is 1. The van der Waals surface area contributed by atoms with Gasteiger partial charge in [0.05, 0.1) is 19.3 Å². The quantitative estimate of drug-likeness (QED) is 0.468. The molecule has 2 rings (SSSR count). The molecule has 1 aromatic carbocycles. The van der Waals surface area contributed by atoms with Gasteiger partial charge in [-0.1, -0.05) is 76.6 Å². The lowest BCUT2D eigenvalue weighted by Crippen LogP contribution is -2.40. The van der Waals surface area contributed by atoms with Gasteiger partial charge in [0.15, 0.2) is 0 Å². The third-order valence-electron chi connectivity index (χ3n) is 5.92. The average molecular weight is 390 g/mol. The van der Waals surface area contributed by atoms with Crippen molar-refractivity contribution in [2.24, 2.45) is 0 Å². The highest BCUT2D eigenvalue weighted by atomic mass is 16.6. The summed E-state index contributed by atoms with van der Waals surface area (Å²) >= 11 is 0. The maximum atomic E-state index is 12.3. The molecule has 1 N–H and O–H groups in total. The van der Waals surface area contributed by atoms with E-state index in [9.17, 15) is 9.90 Å². The molecule has 0 saturated carbocycles. The van der Waals surface area contributed by atoms with Crippen molar-refractivity contribution in [1.29, 1.82) is 0 Å². The van der Waals surface area contributed by atoms with Gasteiger partial charge < -0.3 is 14.7 Å². The van der Waals surface area contributed by atoms with Crippen molar-refractivity contribution in [1.82, 2.24) is 4.90 Å². The summed E-state index contributed by atoms with van der Waals surface area (Å²) in [7, 11) is 0. The predicted molar refractivity (Wildman–Crippen MR) is 115 cm³/mol. The molecule has 1 amide bonds. The molecule has 28 heavy (non-hydrogen) atoms. The van der Waals surface area contributed by atoms with E-state index in [2.05, 4.69) is 38.1 Å².